The molecule has 35 heavy (non-hydrogen) atoms. The summed E-state index contributed by atoms with van der Waals surface area (Å²) in [5, 5.41) is 13.4. The van der Waals surface area contributed by atoms with Crippen molar-refractivity contribution in [3.63, 3.8) is 0 Å². The van der Waals surface area contributed by atoms with Crippen molar-refractivity contribution in [2.45, 2.75) is 38.3 Å². The van der Waals surface area contributed by atoms with E-state index in [1.807, 2.05) is 31.3 Å². The third kappa shape index (κ3) is 7.51. The fraction of sp³-hybridized carbons (Fsp3) is 0.480. The average molecular weight is 503 g/mol. The minimum Gasteiger partial charge on any atom is -0.482 e. The first-order valence-electron chi connectivity index (χ1n) is 11.8. The number of anilines is 1. The highest BCUT2D eigenvalue weighted by Crippen LogP contribution is 2.34. The first-order chi connectivity index (χ1) is 16.8. The van der Waals surface area contributed by atoms with Crippen molar-refractivity contribution in [1.82, 2.24) is 9.80 Å². The molecule has 0 aliphatic carbocycles. The second kappa shape index (κ2) is 12.7. The number of nitrogens with one attached hydrogen (secondary N) is 2. The lowest BCUT2D eigenvalue weighted by molar-refractivity contribution is -0.134. The Morgan fingerprint density at radius 3 is 2.66 bits per heavy atom. The smallest absolute Gasteiger partial charge is 0.308 e. The quantitative estimate of drug-likeness (QED) is 0.532. The molecular weight excluding hydrogens is 468 g/mol. The molecule has 0 saturated carbocycles. The number of carbonyl (C=O) groups excluding carboxylic acids is 1. The first kappa shape index (κ1) is 26.7. The van der Waals surface area contributed by atoms with Crippen LogP contribution in [0.5, 0.6) is 5.75 Å². The summed E-state index contributed by atoms with van der Waals surface area (Å²) in [7, 11) is -0.765. The Morgan fingerprint density at radius 1 is 1.29 bits per heavy atom. The Bertz CT molecular complexity index is 1100. The van der Waals surface area contributed by atoms with Gasteiger partial charge in [-0.05, 0) is 48.9 Å². The molecule has 2 aliphatic heterocycles. The number of aliphatic hydroxyl groups is 1. The summed E-state index contributed by atoms with van der Waals surface area (Å²) in [6.07, 6.45) is 2.66. The molecule has 2 aromatic rings. The van der Waals surface area contributed by atoms with Gasteiger partial charge in [-0.25, -0.2) is 0 Å². The summed E-state index contributed by atoms with van der Waals surface area (Å²) in [6.45, 7) is 5.25. The summed E-state index contributed by atoms with van der Waals surface area (Å²) in [5.41, 5.74) is 4.68. The summed E-state index contributed by atoms with van der Waals surface area (Å²) < 4.78 is 28.8. The molecule has 0 spiro atoms. The van der Waals surface area contributed by atoms with Crippen LogP contribution in [-0.4, -0.2) is 75.2 Å². The van der Waals surface area contributed by atoms with E-state index in [4.69, 9.17) is 17.9 Å². The number of ether oxygens (including phenoxy) is 1. The van der Waals surface area contributed by atoms with Gasteiger partial charge in [0.1, 0.15) is 5.75 Å². The van der Waals surface area contributed by atoms with Crippen molar-refractivity contribution in [1.29, 1.82) is 4.78 Å². The van der Waals surface area contributed by atoms with Crippen molar-refractivity contribution >= 4 is 22.1 Å². The third-order valence-corrected chi connectivity index (χ3v) is 6.49. The minimum absolute atomic E-state index is 0.000358. The van der Waals surface area contributed by atoms with E-state index in [-0.39, 0.29) is 24.7 Å². The number of fused-ring (bicyclic) bond motifs is 1. The van der Waals surface area contributed by atoms with E-state index in [2.05, 4.69) is 35.3 Å². The number of likely N-dealkylation sites (N-methyl/N-ethyl adjacent to an activating group) is 1. The SMILES string of the molecule is Cc1ccc(OCC(=O)N(C)C(CN2CC[C@H](O)C2)c2ccccc2)c2c1CCCN2.N=S(=O)=O. The molecule has 0 radical (unpaired) electrons. The number of nitrogens with zero attached hydrogens (tertiary/aromatic N) is 2. The molecule has 2 heterocycles. The van der Waals surface area contributed by atoms with Crippen molar-refractivity contribution in [3.8, 4) is 5.75 Å². The molecule has 4 rings (SSSR count). The molecule has 2 aliphatic rings. The van der Waals surface area contributed by atoms with Crippen LogP contribution in [0.25, 0.3) is 0 Å². The molecule has 2 aromatic carbocycles. The van der Waals surface area contributed by atoms with Gasteiger partial charge in [0.2, 0.25) is 0 Å². The lowest BCUT2D eigenvalue weighted by Gasteiger charge is -2.32. The Kier molecular flexibility index (Phi) is 9.64. The van der Waals surface area contributed by atoms with E-state index < -0.39 is 10.5 Å². The second-order valence-electron chi connectivity index (χ2n) is 8.92. The molecule has 0 aromatic heterocycles. The van der Waals surface area contributed by atoms with E-state index in [0.29, 0.717) is 13.1 Å². The number of rotatable bonds is 7. The molecule has 1 saturated heterocycles. The standard InChI is InChI=1S/C25H33N3O3.HNO2S/c1-18-10-11-23(25-21(18)9-6-13-26-25)31-17-24(30)27(2)22(19-7-4-3-5-8-19)16-28-14-12-20(29)15-28;1-4(2)3/h3-5,7-8,10-11,20,22,26,29H,6,9,12-17H2,1-2H3;1H/t20-,22?;/m0./s1. The molecule has 9 nitrogen and oxygen atoms in total. The van der Waals surface area contributed by atoms with Crippen LogP contribution in [0.4, 0.5) is 5.69 Å². The number of aryl methyl sites for hydroxylation is 1. The molecule has 10 heteroatoms. The van der Waals surface area contributed by atoms with E-state index in [0.717, 1.165) is 49.4 Å². The number of carbonyl (C=O) groups is 1. The highest BCUT2D eigenvalue weighted by Gasteiger charge is 2.28. The maximum absolute atomic E-state index is 13.1. The van der Waals surface area contributed by atoms with E-state index in [1.165, 1.54) is 11.1 Å². The number of hydrogen-bond acceptors (Lipinski definition) is 8. The van der Waals surface area contributed by atoms with Crippen LogP contribution >= 0.6 is 0 Å². The van der Waals surface area contributed by atoms with Crippen LogP contribution in [-0.2, 0) is 21.7 Å². The Labute approximate surface area is 208 Å². The van der Waals surface area contributed by atoms with E-state index in [1.54, 1.807) is 4.90 Å². The Morgan fingerprint density at radius 2 is 2.00 bits per heavy atom. The number of aliphatic hydroxyl groups excluding tert-OH is 1. The topological polar surface area (TPSA) is 123 Å². The van der Waals surface area contributed by atoms with E-state index in [9.17, 15) is 9.90 Å². The number of β-amino-alcohol motifs (C(OH)–C–C–N with tert-alkyl or cyclic N) is 1. The molecule has 0 bridgehead atoms. The lowest BCUT2D eigenvalue weighted by Crippen LogP contribution is -2.41. The average Bonchev–Trinajstić information content (AvgIpc) is 3.26. The van der Waals surface area contributed by atoms with Crippen LogP contribution in [0.1, 0.15) is 35.6 Å². The van der Waals surface area contributed by atoms with Crippen molar-refractivity contribution in [2.75, 3.05) is 45.2 Å². The molecule has 1 amide bonds. The van der Waals surface area contributed by atoms with Gasteiger partial charge in [-0.15, -0.1) is 0 Å². The molecule has 2 atom stereocenters. The zero-order valence-electron chi connectivity index (χ0n) is 20.2. The summed E-state index contributed by atoms with van der Waals surface area (Å²) in [4.78, 5) is 17.1. The van der Waals surface area contributed by atoms with Crippen molar-refractivity contribution in [3.05, 3.63) is 59.2 Å². The number of amides is 1. The van der Waals surface area contributed by atoms with Crippen LogP contribution < -0.4 is 10.1 Å². The van der Waals surface area contributed by atoms with Crippen LogP contribution in [0.3, 0.4) is 0 Å². The van der Waals surface area contributed by atoms with Gasteiger partial charge in [-0.2, -0.15) is 13.2 Å². The molecule has 3 N–H and O–H groups in total. The van der Waals surface area contributed by atoms with Gasteiger partial charge in [0.25, 0.3) is 5.91 Å². The summed E-state index contributed by atoms with van der Waals surface area (Å²) in [5.74, 6) is 0.694. The number of likely N-dealkylation sites (tertiary alicyclic amines) is 1. The summed E-state index contributed by atoms with van der Waals surface area (Å²) >= 11 is 0. The van der Waals surface area contributed by atoms with Gasteiger partial charge in [-0.3, -0.25) is 9.69 Å². The predicted molar refractivity (Wildman–Crippen MR) is 134 cm³/mol. The van der Waals surface area contributed by atoms with Gasteiger partial charge in [0.05, 0.1) is 17.8 Å². The normalized spacial score (nSPS) is 17.9. The molecule has 1 fully saturated rings. The van der Waals surface area contributed by atoms with E-state index >= 15 is 0 Å². The zero-order chi connectivity index (χ0) is 25.4. The lowest BCUT2D eigenvalue weighted by atomic mass is 9.98. The minimum atomic E-state index is -2.61. The van der Waals surface area contributed by atoms with Gasteiger partial charge < -0.3 is 20.1 Å². The third-order valence-electron chi connectivity index (χ3n) is 6.49. The van der Waals surface area contributed by atoms with Gasteiger partial charge in [0.15, 0.2) is 6.61 Å². The van der Waals surface area contributed by atoms with Crippen LogP contribution in [0.15, 0.2) is 42.5 Å². The second-order valence-corrected chi connectivity index (χ2v) is 9.39. The first-order valence-corrected chi connectivity index (χ1v) is 12.8. The molecule has 190 valence electrons. The predicted octanol–water partition coefficient (Wildman–Crippen LogP) is 2.63. The monoisotopic (exact) mass is 502 g/mol. The fourth-order valence-electron chi connectivity index (χ4n) is 4.61. The molecular formula is C25H34N4O5S. The van der Waals surface area contributed by atoms with Gasteiger partial charge >= 0.3 is 10.5 Å². The van der Waals surface area contributed by atoms with Crippen molar-refractivity contribution in [2.24, 2.45) is 0 Å². The summed E-state index contributed by atoms with van der Waals surface area (Å²) in [6, 6.07) is 14.0. The molecule has 1 unspecified atom stereocenters. The van der Waals surface area contributed by atoms with Crippen LogP contribution in [0, 0.1) is 11.7 Å². The van der Waals surface area contributed by atoms with Gasteiger partial charge in [0, 0.05) is 33.2 Å². The van der Waals surface area contributed by atoms with Gasteiger partial charge in [-0.1, -0.05) is 36.4 Å². The Balaban J connectivity index is 0.000000795. The van der Waals surface area contributed by atoms with Crippen LogP contribution in [0.2, 0.25) is 0 Å². The largest absolute Gasteiger partial charge is 0.482 e. The highest BCUT2D eigenvalue weighted by atomic mass is 32.2. The number of benzene rings is 2. The maximum atomic E-state index is 13.1. The zero-order valence-corrected chi connectivity index (χ0v) is 21.1. The highest BCUT2D eigenvalue weighted by molar-refractivity contribution is 7.60. The number of hydrogen-bond donors (Lipinski definition) is 3. The maximum Gasteiger partial charge on any atom is 0.308 e. The van der Waals surface area contributed by atoms with Crippen molar-refractivity contribution < 1.29 is 23.1 Å². The Hall–Kier alpha value is -2.95. The fourth-order valence-corrected chi connectivity index (χ4v) is 4.61.